The SMILES string of the molecule is O=c1[nH]c2ccc(C(F)(F)F)cc2n(-c2cccc3c2CCO3)c1=O. The quantitative estimate of drug-likeness (QED) is 0.688. The van der Waals surface area contributed by atoms with E-state index in [2.05, 4.69) is 4.98 Å². The van der Waals surface area contributed by atoms with Gasteiger partial charge < -0.3 is 9.72 Å². The second-order valence-corrected chi connectivity index (χ2v) is 5.68. The molecule has 0 saturated carbocycles. The van der Waals surface area contributed by atoms with Gasteiger partial charge in [-0.05, 0) is 30.3 Å². The molecule has 128 valence electrons. The Morgan fingerprint density at radius 1 is 1.12 bits per heavy atom. The Labute approximate surface area is 138 Å². The van der Waals surface area contributed by atoms with E-state index < -0.39 is 22.9 Å². The van der Waals surface area contributed by atoms with Gasteiger partial charge in [-0.3, -0.25) is 14.2 Å². The summed E-state index contributed by atoms with van der Waals surface area (Å²) in [4.78, 5) is 26.7. The lowest BCUT2D eigenvalue weighted by molar-refractivity contribution is -0.137. The number of benzene rings is 2. The zero-order valence-electron chi connectivity index (χ0n) is 12.7. The van der Waals surface area contributed by atoms with Gasteiger partial charge >= 0.3 is 17.3 Å². The molecule has 5 nitrogen and oxygen atoms in total. The van der Waals surface area contributed by atoms with E-state index in [4.69, 9.17) is 4.74 Å². The molecule has 0 atom stereocenters. The number of fused-ring (bicyclic) bond motifs is 2. The lowest BCUT2D eigenvalue weighted by atomic mass is 10.1. The number of nitrogens with one attached hydrogen (secondary N) is 1. The minimum Gasteiger partial charge on any atom is -0.493 e. The summed E-state index contributed by atoms with van der Waals surface area (Å²) in [6, 6.07) is 7.82. The number of nitrogens with zero attached hydrogens (tertiary/aromatic N) is 1. The summed E-state index contributed by atoms with van der Waals surface area (Å²) in [5.74, 6) is 0.560. The first kappa shape index (κ1) is 15.5. The molecule has 0 bridgehead atoms. The first-order chi connectivity index (χ1) is 11.9. The van der Waals surface area contributed by atoms with Crippen LogP contribution in [0.3, 0.4) is 0 Å². The molecule has 0 radical (unpaired) electrons. The molecule has 2 aromatic carbocycles. The topological polar surface area (TPSA) is 64.1 Å². The Balaban J connectivity index is 2.13. The van der Waals surface area contributed by atoms with Gasteiger partial charge in [0.15, 0.2) is 0 Å². The van der Waals surface area contributed by atoms with E-state index >= 15 is 0 Å². The summed E-state index contributed by atoms with van der Waals surface area (Å²) >= 11 is 0. The number of H-pyrrole nitrogens is 1. The maximum atomic E-state index is 13.1. The van der Waals surface area contributed by atoms with Gasteiger partial charge in [-0.15, -0.1) is 0 Å². The number of ether oxygens (including phenoxy) is 1. The number of aromatic amines is 1. The molecule has 2 heterocycles. The molecule has 0 spiro atoms. The first-order valence-electron chi connectivity index (χ1n) is 7.47. The van der Waals surface area contributed by atoms with E-state index in [1.807, 2.05) is 0 Å². The fourth-order valence-corrected chi connectivity index (χ4v) is 3.04. The van der Waals surface area contributed by atoms with Gasteiger partial charge in [0.1, 0.15) is 5.75 Å². The molecule has 25 heavy (non-hydrogen) atoms. The van der Waals surface area contributed by atoms with Crippen LogP contribution in [-0.4, -0.2) is 16.2 Å². The van der Waals surface area contributed by atoms with Crippen molar-refractivity contribution in [1.82, 2.24) is 9.55 Å². The van der Waals surface area contributed by atoms with Gasteiger partial charge in [-0.2, -0.15) is 13.2 Å². The maximum absolute atomic E-state index is 13.1. The molecular formula is C17H11F3N2O3. The van der Waals surface area contributed by atoms with Crippen molar-refractivity contribution in [3.05, 3.63) is 68.2 Å². The van der Waals surface area contributed by atoms with E-state index in [-0.39, 0.29) is 11.0 Å². The van der Waals surface area contributed by atoms with E-state index in [0.29, 0.717) is 30.0 Å². The van der Waals surface area contributed by atoms with E-state index in [1.165, 1.54) is 0 Å². The fraction of sp³-hybridized carbons (Fsp3) is 0.176. The lowest BCUT2D eigenvalue weighted by Gasteiger charge is -2.14. The van der Waals surface area contributed by atoms with Crippen LogP contribution in [0.4, 0.5) is 13.2 Å². The van der Waals surface area contributed by atoms with Gasteiger partial charge in [-0.25, -0.2) is 0 Å². The zero-order chi connectivity index (χ0) is 17.8. The van der Waals surface area contributed by atoms with Crippen LogP contribution in [0.25, 0.3) is 16.7 Å². The molecule has 3 aromatic rings. The number of rotatable bonds is 1. The van der Waals surface area contributed by atoms with Crippen LogP contribution >= 0.6 is 0 Å². The normalized spacial score (nSPS) is 13.7. The predicted octanol–water partition coefficient (Wildman–Crippen LogP) is 2.63. The van der Waals surface area contributed by atoms with Crippen molar-refractivity contribution in [3.8, 4) is 11.4 Å². The number of alkyl halides is 3. The van der Waals surface area contributed by atoms with E-state index in [9.17, 15) is 22.8 Å². The molecule has 0 unspecified atom stereocenters. The van der Waals surface area contributed by atoms with Gasteiger partial charge in [0, 0.05) is 12.0 Å². The molecule has 0 amide bonds. The van der Waals surface area contributed by atoms with Crippen molar-refractivity contribution in [1.29, 1.82) is 0 Å². The standard InChI is InChI=1S/C17H11F3N2O3/c18-17(19,20)9-4-5-11-13(8-9)22(16(24)15(23)21-11)12-2-1-3-14-10(12)6-7-25-14/h1-5,8H,6-7H2,(H,21,23). The van der Waals surface area contributed by atoms with Crippen LogP contribution in [0.15, 0.2) is 46.0 Å². The summed E-state index contributed by atoms with van der Waals surface area (Å²) in [7, 11) is 0. The molecule has 1 aliphatic heterocycles. The predicted molar refractivity (Wildman–Crippen MR) is 84.4 cm³/mol. The van der Waals surface area contributed by atoms with E-state index in [0.717, 1.165) is 22.8 Å². The van der Waals surface area contributed by atoms with Crippen molar-refractivity contribution in [2.75, 3.05) is 6.61 Å². The second kappa shape index (κ2) is 5.23. The zero-order valence-corrected chi connectivity index (χ0v) is 12.7. The molecule has 0 saturated heterocycles. The summed E-state index contributed by atoms with van der Waals surface area (Å²) in [5.41, 5.74) is -1.56. The van der Waals surface area contributed by atoms with Crippen molar-refractivity contribution in [2.24, 2.45) is 0 Å². The molecule has 1 aromatic heterocycles. The highest BCUT2D eigenvalue weighted by Crippen LogP contribution is 2.33. The molecule has 1 N–H and O–H groups in total. The minimum atomic E-state index is -4.56. The summed E-state index contributed by atoms with van der Waals surface area (Å²) in [5, 5.41) is 0. The Kier molecular flexibility index (Phi) is 3.24. The number of aromatic nitrogens is 2. The molecular weight excluding hydrogens is 337 g/mol. The van der Waals surface area contributed by atoms with Crippen LogP contribution in [0.2, 0.25) is 0 Å². The van der Waals surface area contributed by atoms with Gasteiger partial charge in [0.05, 0.1) is 28.9 Å². The van der Waals surface area contributed by atoms with Crippen LogP contribution in [0, 0.1) is 0 Å². The Hall–Kier alpha value is -3.03. The molecule has 1 aliphatic rings. The number of hydrogen-bond acceptors (Lipinski definition) is 3. The highest BCUT2D eigenvalue weighted by molar-refractivity contribution is 5.78. The molecule has 0 fully saturated rings. The molecule has 8 heteroatoms. The summed E-state index contributed by atoms with van der Waals surface area (Å²) in [6.07, 6.45) is -4.06. The van der Waals surface area contributed by atoms with Crippen LogP contribution in [0.5, 0.6) is 5.75 Å². The van der Waals surface area contributed by atoms with Crippen LogP contribution in [-0.2, 0) is 12.6 Å². The Bertz CT molecular complexity index is 1110. The van der Waals surface area contributed by atoms with Crippen molar-refractivity contribution in [2.45, 2.75) is 12.6 Å². The number of hydrogen-bond donors (Lipinski definition) is 1. The highest BCUT2D eigenvalue weighted by atomic mass is 19.4. The van der Waals surface area contributed by atoms with Gasteiger partial charge in [-0.1, -0.05) is 6.07 Å². The third-order valence-corrected chi connectivity index (χ3v) is 4.17. The average Bonchev–Trinajstić information content (AvgIpc) is 3.04. The minimum absolute atomic E-state index is 0.0141. The Morgan fingerprint density at radius 2 is 1.92 bits per heavy atom. The third-order valence-electron chi connectivity index (χ3n) is 4.17. The smallest absolute Gasteiger partial charge is 0.416 e. The van der Waals surface area contributed by atoms with Crippen molar-refractivity contribution >= 4 is 11.0 Å². The van der Waals surface area contributed by atoms with E-state index in [1.54, 1.807) is 18.2 Å². The van der Waals surface area contributed by atoms with Gasteiger partial charge in [0.2, 0.25) is 0 Å². The third kappa shape index (κ3) is 2.41. The van der Waals surface area contributed by atoms with Crippen molar-refractivity contribution in [3.63, 3.8) is 0 Å². The van der Waals surface area contributed by atoms with Crippen LogP contribution < -0.4 is 15.9 Å². The summed E-state index contributed by atoms with van der Waals surface area (Å²) < 4.78 is 45.7. The first-order valence-corrected chi connectivity index (χ1v) is 7.47. The molecule has 4 rings (SSSR count). The van der Waals surface area contributed by atoms with Crippen LogP contribution in [0.1, 0.15) is 11.1 Å². The Morgan fingerprint density at radius 3 is 2.68 bits per heavy atom. The monoisotopic (exact) mass is 348 g/mol. The highest BCUT2D eigenvalue weighted by Gasteiger charge is 2.31. The lowest BCUT2D eigenvalue weighted by Crippen LogP contribution is -2.36. The largest absolute Gasteiger partial charge is 0.493 e. The second-order valence-electron chi connectivity index (χ2n) is 5.68. The summed E-state index contributed by atoms with van der Waals surface area (Å²) in [6.45, 7) is 0.413. The maximum Gasteiger partial charge on any atom is 0.416 e. The fourth-order valence-electron chi connectivity index (χ4n) is 3.04. The van der Waals surface area contributed by atoms with Gasteiger partial charge in [0.25, 0.3) is 0 Å². The molecule has 0 aliphatic carbocycles. The average molecular weight is 348 g/mol. The number of halogens is 3. The van der Waals surface area contributed by atoms with Crippen molar-refractivity contribution < 1.29 is 17.9 Å².